The summed E-state index contributed by atoms with van der Waals surface area (Å²) in [5.74, 6) is 0.0569. The zero-order valence-electron chi connectivity index (χ0n) is 16.9. The molecule has 0 saturated carbocycles. The first kappa shape index (κ1) is 19.9. The Labute approximate surface area is 163 Å². The van der Waals surface area contributed by atoms with Crippen molar-refractivity contribution in [3.8, 4) is 0 Å². The Morgan fingerprint density at radius 1 is 1.11 bits per heavy atom. The van der Waals surface area contributed by atoms with E-state index in [1.54, 1.807) is 0 Å². The van der Waals surface area contributed by atoms with E-state index >= 15 is 0 Å². The number of hydrogen-bond acceptors (Lipinski definition) is 3. The Balaban J connectivity index is 1.48. The molecule has 0 spiro atoms. The number of nitrogens with one attached hydrogen (secondary N) is 1. The van der Waals surface area contributed by atoms with Crippen LogP contribution in [0.15, 0.2) is 24.3 Å². The minimum atomic E-state index is -0.0999. The monoisotopic (exact) mass is 371 g/mol. The number of hydrogen-bond donors (Lipinski definition) is 1. The molecule has 2 aliphatic rings. The van der Waals surface area contributed by atoms with Crippen LogP contribution in [0.3, 0.4) is 0 Å². The van der Waals surface area contributed by atoms with Crippen LogP contribution in [0, 0.1) is 6.92 Å². The average Bonchev–Trinajstić information content (AvgIpc) is 3.00. The second kappa shape index (κ2) is 8.87. The third kappa shape index (κ3) is 4.70. The van der Waals surface area contributed by atoms with Gasteiger partial charge in [-0.15, -0.1) is 0 Å². The third-order valence-electron chi connectivity index (χ3n) is 6.21. The first-order valence-corrected chi connectivity index (χ1v) is 10.4. The molecule has 3 rings (SSSR count). The van der Waals surface area contributed by atoms with E-state index in [2.05, 4.69) is 24.1 Å². The van der Waals surface area contributed by atoms with Gasteiger partial charge in [-0.2, -0.15) is 0 Å². The molecule has 0 radical (unpaired) electrons. The van der Waals surface area contributed by atoms with E-state index in [4.69, 9.17) is 0 Å². The molecule has 0 bridgehead atoms. The molecule has 0 aromatic heterocycles. The van der Waals surface area contributed by atoms with Gasteiger partial charge in [0, 0.05) is 49.7 Å². The van der Waals surface area contributed by atoms with Crippen molar-refractivity contribution in [1.29, 1.82) is 0 Å². The second-order valence-electron chi connectivity index (χ2n) is 8.18. The number of benzene rings is 1. The minimum Gasteiger partial charge on any atom is -0.352 e. The number of likely N-dealkylation sites (tertiary alicyclic amines) is 2. The second-order valence-corrected chi connectivity index (χ2v) is 8.18. The van der Waals surface area contributed by atoms with Gasteiger partial charge in [0.05, 0.1) is 0 Å². The molecule has 1 aromatic rings. The number of carbonyl (C=O) groups is 2. The average molecular weight is 372 g/mol. The van der Waals surface area contributed by atoms with Crippen molar-refractivity contribution in [3.05, 3.63) is 35.4 Å². The highest BCUT2D eigenvalue weighted by molar-refractivity contribution is 5.95. The van der Waals surface area contributed by atoms with E-state index in [9.17, 15) is 9.59 Å². The summed E-state index contributed by atoms with van der Waals surface area (Å²) in [6, 6.07) is 9.25. The van der Waals surface area contributed by atoms with Crippen molar-refractivity contribution in [3.63, 3.8) is 0 Å². The number of amides is 2. The predicted molar refractivity (Wildman–Crippen MR) is 108 cm³/mol. The molecule has 2 heterocycles. The lowest BCUT2D eigenvalue weighted by molar-refractivity contribution is -0.133. The molecule has 0 unspecified atom stereocenters. The summed E-state index contributed by atoms with van der Waals surface area (Å²) in [5.41, 5.74) is 1.63. The SMILES string of the molecule is Cc1ccccc1C(=O)NCCC(=O)N1CCC[C@H](N2[C@@H](C)CC[C@@H]2C)C1. The molecule has 0 aliphatic carbocycles. The molecule has 148 valence electrons. The summed E-state index contributed by atoms with van der Waals surface area (Å²) in [6.07, 6.45) is 5.15. The summed E-state index contributed by atoms with van der Waals surface area (Å²) in [6.45, 7) is 8.62. The standard InChI is InChI=1S/C22H33N3O2/c1-16-7-4-5-9-20(16)22(27)23-13-12-21(26)24-14-6-8-19(15-24)25-17(2)10-11-18(25)3/h4-5,7,9,17-19H,6,8,10-15H2,1-3H3,(H,23,27)/t17-,18-,19-/m0/s1. The molecule has 5 heteroatoms. The zero-order valence-corrected chi connectivity index (χ0v) is 16.9. The first-order chi connectivity index (χ1) is 13.0. The van der Waals surface area contributed by atoms with Gasteiger partial charge in [-0.3, -0.25) is 14.5 Å². The molecule has 1 aromatic carbocycles. The Hall–Kier alpha value is -1.88. The normalized spacial score (nSPS) is 26.2. The maximum atomic E-state index is 12.7. The van der Waals surface area contributed by atoms with E-state index in [0.29, 0.717) is 36.7 Å². The lowest BCUT2D eigenvalue weighted by atomic mass is 10.0. The highest BCUT2D eigenvalue weighted by Crippen LogP contribution is 2.29. The van der Waals surface area contributed by atoms with Crippen LogP contribution >= 0.6 is 0 Å². The number of aryl methyl sites for hydroxylation is 1. The van der Waals surface area contributed by atoms with Gasteiger partial charge in [-0.25, -0.2) is 0 Å². The van der Waals surface area contributed by atoms with Gasteiger partial charge >= 0.3 is 0 Å². The molecule has 2 aliphatic heterocycles. The summed E-state index contributed by atoms with van der Waals surface area (Å²) in [7, 11) is 0. The van der Waals surface area contributed by atoms with Crippen molar-refractivity contribution < 1.29 is 9.59 Å². The molecule has 2 amide bonds. The van der Waals surface area contributed by atoms with Gasteiger partial charge in [0.15, 0.2) is 0 Å². The summed E-state index contributed by atoms with van der Waals surface area (Å²) in [4.78, 5) is 29.6. The predicted octanol–water partition coefficient (Wildman–Crippen LogP) is 2.98. The van der Waals surface area contributed by atoms with Crippen LogP contribution in [-0.4, -0.2) is 59.4 Å². The summed E-state index contributed by atoms with van der Waals surface area (Å²) < 4.78 is 0. The van der Waals surface area contributed by atoms with Gasteiger partial charge in [0.1, 0.15) is 0 Å². The number of rotatable bonds is 5. The van der Waals surface area contributed by atoms with Crippen molar-refractivity contribution >= 4 is 11.8 Å². The molecule has 2 saturated heterocycles. The van der Waals surface area contributed by atoms with Crippen molar-refractivity contribution in [2.24, 2.45) is 0 Å². The van der Waals surface area contributed by atoms with Crippen LogP contribution in [-0.2, 0) is 4.79 Å². The van der Waals surface area contributed by atoms with Crippen LogP contribution in [0.2, 0.25) is 0 Å². The van der Waals surface area contributed by atoms with Crippen molar-refractivity contribution in [2.45, 2.75) is 71.0 Å². The van der Waals surface area contributed by atoms with Crippen LogP contribution in [0.4, 0.5) is 0 Å². The van der Waals surface area contributed by atoms with Crippen LogP contribution < -0.4 is 5.32 Å². The van der Waals surface area contributed by atoms with Crippen molar-refractivity contribution in [1.82, 2.24) is 15.1 Å². The zero-order chi connectivity index (χ0) is 19.4. The molecule has 3 atom stereocenters. The maximum Gasteiger partial charge on any atom is 0.251 e. The van der Waals surface area contributed by atoms with E-state index in [-0.39, 0.29) is 11.8 Å². The molecule has 27 heavy (non-hydrogen) atoms. The van der Waals surface area contributed by atoms with Crippen LogP contribution in [0.25, 0.3) is 0 Å². The topological polar surface area (TPSA) is 52.7 Å². The summed E-state index contributed by atoms with van der Waals surface area (Å²) in [5, 5.41) is 2.89. The molecule has 1 N–H and O–H groups in total. The maximum absolute atomic E-state index is 12.7. The molecular formula is C22H33N3O2. The van der Waals surface area contributed by atoms with E-state index in [0.717, 1.165) is 25.1 Å². The Morgan fingerprint density at radius 3 is 2.52 bits per heavy atom. The highest BCUT2D eigenvalue weighted by atomic mass is 16.2. The molecular weight excluding hydrogens is 338 g/mol. The largest absolute Gasteiger partial charge is 0.352 e. The minimum absolute atomic E-state index is 0.0999. The quantitative estimate of drug-likeness (QED) is 0.866. The van der Waals surface area contributed by atoms with Gasteiger partial charge in [0.2, 0.25) is 5.91 Å². The lowest BCUT2D eigenvalue weighted by Gasteiger charge is -2.41. The Morgan fingerprint density at radius 2 is 1.81 bits per heavy atom. The molecule has 2 fully saturated rings. The highest BCUT2D eigenvalue weighted by Gasteiger charge is 2.36. The fourth-order valence-electron chi connectivity index (χ4n) is 4.72. The van der Waals surface area contributed by atoms with Crippen LogP contribution in [0.5, 0.6) is 0 Å². The lowest BCUT2D eigenvalue weighted by Crippen LogP contribution is -2.52. The fraction of sp³-hybridized carbons (Fsp3) is 0.636. The van der Waals surface area contributed by atoms with Crippen LogP contribution in [0.1, 0.15) is 61.9 Å². The summed E-state index contributed by atoms with van der Waals surface area (Å²) >= 11 is 0. The van der Waals surface area contributed by atoms with Crippen molar-refractivity contribution in [2.75, 3.05) is 19.6 Å². The van der Waals surface area contributed by atoms with Gasteiger partial charge in [-0.1, -0.05) is 18.2 Å². The van der Waals surface area contributed by atoms with Gasteiger partial charge < -0.3 is 10.2 Å². The van der Waals surface area contributed by atoms with Gasteiger partial charge in [0.25, 0.3) is 5.91 Å². The molecule has 5 nitrogen and oxygen atoms in total. The van der Waals surface area contributed by atoms with Gasteiger partial charge in [-0.05, 0) is 58.1 Å². The Kier molecular flexibility index (Phi) is 6.53. The van der Waals surface area contributed by atoms with E-state index in [1.807, 2.05) is 36.1 Å². The number of nitrogens with zero attached hydrogens (tertiary/aromatic N) is 2. The van der Waals surface area contributed by atoms with E-state index in [1.165, 1.54) is 19.3 Å². The smallest absolute Gasteiger partial charge is 0.251 e. The Bertz CT molecular complexity index is 665. The first-order valence-electron chi connectivity index (χ1n) is 10.4. The number of piperidine rings is 1. The third-order valence-corrected chi connectivity index (χ3v) is 6.21. The van der Waals surface area contributed by atoms with E-state index < -0.39 is 0 Å². The fourth-order valence-corrected chi connectivity index (χ4v) is 4.72. The number of carbonyl (C=O) groups excluding carboxylic acids is 2.